The summed E-state index contributed by atoms with van der Waals surface area (Å²) in [5.41, 5.74) is 0.951. The van der Waals surface area contributed by atoms with Crippen molar-refractivity contribution in [2.45, 2.75) is 25.7 Å². The van der Waals surface area contributed by atoms with Crippen LogP contribution in [0.5, 0.6) is 5.75 Å². The van der Waals surface area contributed by atoms with Crippen LogP contribution in [0, 0.1) is 5.82 Å². The molecule has 6 heteroatoms. The zero-order valence-electron chi connectivity index (χ0n) is 16.7. The SMILES string of the molecule is CC(CC(=O)N1CCN(C(=O)CCOc2ccccc2)CC1)c1ccc(F)cc1. The van der Waals surface area contributed by atoms with E-state index in [2.05, 4.69) is 0 Å². The van der Waals surface area contributed by atoms with E-state index in [-0.39, 0.29) is 23.5 Å². The van der Waals surface area contributed by atoms with Gasteiger partial charge in [0.2, 0.25) is 11.8 Å². The zero-order valence-corrected chi connectivity index (χ0v) is 16.7. The Labute approximate surface area is 171 Å². The summed E-state index contributed by atoms with van der Waals surface area (Å²) in [6, 6.07) is 15.7. The number of carbonyl (C=O) groups excluding carboxylic acids is 2. The predicted octanol–water partition coefficient (Wildman–Crippen LogP) is 3.46. The lowest BCUT2D eigenvalue weighted by Gasteiger charge is -2.35. The Kier molecular flexibility index (Phi) is 7.22. The largest absolute Gasteiger partial charge is 0.493 e. The van der Waals surface area contributed by atoms with E-state index in [4.69, 9.17) is 4.74 Å². The molecule has 0 spiro atoms. The summed E-state index contributed by atoms with van der Waals surface area (Å²) in [6.07, 6.45) is 0.703. The van der Waals surface area contributed by atoms with Gasteiger partial charge in [-0.3, -0.25) is 9.59 Å². The van der Waals surface area contributed by atoms with Gasteiger partial charge in [-0.25, -0.2) is 4.39 Å². The van der Waals surface area contributed by atoms with Crippen LogP contribution in [0.3, 0.4) is 0 Å². The second-order valence-corrected chi connectivity index (χ2v) is 7.33. The lowest BCUT2D eigenvalue weighted by atomic mass is 9.97. The Morgan fingerprint density at radius 3 is 2.14 bits per heavy atom. The number of piperazine rings is 1. The third-order valence-corrected chi connectivity index (χ3v) is 5.23. The Morgan fingerprint density at radius 2 is 1.52 bits per heavy atom. The first-order valence-electron chi connectivity index (χ1n) is 10.0. The molecule has 0 aliphatic carbocycles. The van der Waals surface area contributed by atoms with Gasteiger partial charge in [-0.2, -0.15) is 0 Å². The molecule has 1 atom stereocenters. The summed E-state index contributed by atoms with van der Waals surface area (Å²) in [5, 5.41) is 0. The van der Waals surface area contributed by atoms with E-state index in [9.17, 15) is 14.0 Å². The van der Waals surface area contributed by atoms with Crippen molar-refractivity contribution in [3.63, 3.8) is 0 Å². The molecule has 2 aromatic rings. The first-order valence-corrected chi connectivity index (χ1v) is 10.0. The van der Waals surface area contributed by atoms with Crippen LogP contribution in [0.15, 0.2) is 54.6 Å². The highest BCUT2D eigenvalue weighted by molar-refractivity contribution is 5.79. The summed E-state index contributed by atoms with van der Waals surface area (Å²) < 4.78 is 18.6. The minimum atomic E-state index is -0.276. The number of benzene rings is 2. The molecule has 1 aliphatic rings. The average molecular weight is 398 g/mol. The van der Waals surface area contributed by atoms with Gasteiger partial charge in [0.05, 0.1) is 13.0 Å². The van der Waals surface area contributed by atoms with Crippen molar-refractivity contribution in [1.29, 1.82) is 0 Å². The van der Waals surface area contributed by atoms with Gasteiger partial charge in [0, 0.05) is 32.6 Å². The molecule has 0 N–H and O–H groups in total. The highest BCUT2D eigenvalue weighted by Crippen LogP contribution is 2.21. The van der Waals surface area contributed by atoms with E-state index in [1.54, 1.807) is 17.0 Å². The average Bonchev–Trinajstić information content (AvgIpc) is 2.75. The van der Waals surface area contributed by atoms with E-state index >= 15 is 0 Å². The highest BCUT2D eigenvalue weighted by Gasteiger charge is 2.25. The second kappa shape index (κ2) is 10.0. The quantitative estimate of drug-likeness (QED) is 0.718. The van der Waals surface area contributed by atoms with Crippen LogP contribution < -0.4 is 4.74 Å². The Bertz CT molecular complexity index is 803. The molecule has 0 saturated carbocycles. The summed E-state index contributed by atoms with van der Waals surface area (Å²) in [7, 11) is 0. The van der Waals surface area contributed by atoms with Gasteiger partial charge in [0.25, 0.3) is 0 Å². The third kappa shape index (κ3) is 6.04. The van der Waals surface area contributed by atoms with Crippen LogP contribution in [0.4, 0.5) is 4.39 Å². The topological polar surface area (TPSA) is 49.9 Å². The molecular formula is C23H27FN2O3. The maximum absolute atomic E-state index is 13.1. The lowest BCUT2D eigenvalue weighted by molar-refractivity contribution is -0.140. The molecule has 2 amide bonds. The van der Waals surface area contributed by atoms with Crippen molar-refractivity contribution >= 4 is 11.8 Å². The maximum atomic E-state index is 13.1. The molecule has 1 heterocycles. The molecule has 0 radical (unpaired) electrons. The minimum Gasteiger partial charge on any atom is -0.493 e. The number of rotatable bonds is 7. The molecule has 5 nitrogen and oxygen atoms in total. The van der Waals surface area contributed by atoms with Gasteiger partial charge in [-0.05, 0) is 35.7 Å². The third-order valence-electron chi connectivity index (χ3n) is 5.23. The number of halogens is 1. The fraction of sp³-hybridized carbons (Fsp3) is 0.391. The molecule has 3 rings (SSSR count). The molecule has 1 saturated heterocycles. The van der Waals surface area contributed by atoms with Crippen LogP contribution in [-0.2, 0) is 9.59 Å². The smallest absolute Gasteiger partial charge is 0.226 e. The van der Waals surface area contributed by atoms with Crippen LogP contribution >= 0.6 is 0 Å². The molecule has 154 valence electrons. The number of carbonyl (C=O) groups is 2. The van der Waals surface area contributed by atoms with Crippen molar-refractivity contribution in [2.24, 2.45) is 0 Å². The molecular weight excluding hydrogens is 371 g/mol. The van der Waals surface area contributed by atoms with Crippen molar-refractivity contribution < 1.29 is 18.7 Å². The van der Waals surface area contributed by atoms with Gasteiger partial charge in [-0.15, -0.1) is 0 Å². The van der Waals surface area contributed by atoms with E-state index in [0.29, 0.717) is 45.6 Å². The first kappa shape index (κ1) is 20.8. The van der Waals surface area contributed by atoms with Gasteiger partial charge >= 0.3 is 0 Å². The van der Waals surface area contributed by atoms with Crippen molar-refractivity contribution in [2.75, 3.05) is 32.8 Å². The van der Waals surface area contributed by atoms with Crippen molar-refractivity contribution in [3.8, 4) is 5.75 Å². The molecule has 29 heavy (non-hydrogen) atoms. The first-order chi connectivity index (χ1) is 14.0. The Hall–Kier alpha value is -2.89. The molecule has 1 aliphatic heterocycles. The van der Waals surface area contributed by atoms with E-state index in [0.717, 1.165) is 11.3 Å². The number of hydrogen-bond acceptors (Lipinski definition) is 3. The number of hydrogen-bond donors (Lipinski definition) is 0. The van der Waals surface area contributed by atoms with Gasteiger partial charge in [0.1, 0.15) is 11.6 Å². The van der Waals surface area contributed by atoms with Gasteiger partial charge in [0.15, 0.2) is 0 Å². The summed E-state index contributed by atoms with van der Waals surface area (Å²) >= 11 is 0. The zero-order chi connectivity index (χ0) is 20.6. The summed E-state index contributed by atoms with van der Waals surface area (Å²) in [4.78, 5) is 28.6. The number of amides is 2. The minimum absolute atomic E-state index is 0.0258. The highest BCUT2D eigenvalue weighted by atomic mass is 19.1. The summed E-state index contributed by atoms with van der Waals surface area (Å²) in [5.74, 6) is 0.625. The summed E-state index contributed by atoms with van der Waals surface area (Å²) in [6.45, 7) is 4.48. The Balaban J connectivity index is 1.39. The van der Waals surface area contributed by atoms with Crippen LogP contribution in [0.2, 0.25) is 0 Å². The second-order valence-electron chi connectivity index (χ2n) is 7.33. The van der Waals surface area contributed by atoms with Gasteiger partial charge in [-0.1, -0.05) is 37.3 Å². The Morgan fingerprint density at radius 1 is 0.931 bits per heavy atom. The molecule has 0 aromatic heterocycles. The number of para-hydroxylation sites is 1. The number of ether oxygens (including phenoxy) is 1. The molecule has 1 unspecified atom stereocenters. The standard InChI is InChI=1S/C23H27FN2O3/c1-18(19-7-9-20(24)10-8-19)17-23(28)26-14-12-25(13-15-26)22(27)11-16-29-21-5-3-2-4-6-21/h2-10,18H,11-17H2,1H3. The molecule has 1 fully saturated rings. The van der Waals surface area contributed by atoms with Gasteiger partial charge < -0.3 is 14.5 Å². The monoisotopic (exact) mass is 398 g/mol. The van der Waals surface area contributed by atoms with E-state index in [1.807, 2.05) is 42.2 Å². The maximum Gasteiger partial charge on any atom is 0.226 e. The normalized spacial score (nSPS) is 15.1. The predicted molar refractivity (Wildman–Crippen MR) is 109 cm³/mol. The van der Waals surface area contributed by atoms with Crippen LogP contribution in [0.25, 0.3) is 0 Å². The van der Waals surface area contributed by atoms with Crippen molar-refractivity contribution in [1.82, 2.24) is 9.80 Å². The van der Waals surface area contributed by atoms with E-state index < -0.39 is 0 Å². The number of nitrogens with zero attached hydrogens (tertiary/aromatic N) is 2. The van der Waals surface area contributed by atoms with Crippen molar-refractivity contribution in [3.05, 3.63) is 66.0 Å². The lowest BCUT2D eigenvalue weighted by Crippen LogP contribution is -2.50. The van der Waals surface area contributed by atoms with Crippen LogP contribution in [0.1, 0.15) is 31.2 Å². The fourth-order valence-corrected chi connectivity index (χ4v) is 3.44. The van der Waals surface area contributed by atoms with E-state index in [1.165, 1.54) is 12.1 Å². The molecule has 2 aromatic carbocycles. The molecule has 0 bridgehead atoms. The fourth-order valence-electron chi connectivity index (χ4n) is 3.44. The van der Waals surface area contributed by atoms with Crippen LogP contribution in [-0.4, -0.2) is 54.4 Å².